The van der Waals surface area contributed by atoms with E-state index in [1.165, 1.54) is 6.07 Å². The zero-order chi connectivity index (χ0) is 12.9. The maximum Gasteiger partial charge on any atom is 0.416 e. The van der Waals surface area contributed by atoms with Crippen molar-refractivity contribution in [3.63, 3.8) is 0 Å². The van der Waals surface area contributed by atoms with Crippen molar-refractivity contribution in [2.75, 3.05) is 13.6 Å². The summed E-state index contributed by atoms with van der Waals surface area (Å²) >= 11 is 3.14. The van der Waals surface area contributed by atoms with E-state index in [1.54, 1.807) is 0 Å². The average molecular weight is 308 g/mol. The van der Waals surface area contributed by atoms with E-state index in [-0.39, 0.29) is 0 Å². The van der Waals surface area contributed by atoms with Crippen molar-refractivity contribution in [2.45, 2.75) is 12.6 Å². The van der Waals surface area contributed by atoms with E-state index in [4.69, 9.17) is 0 Å². The monoisotopic (exact) mass is 307 g/mol. The van der Waals surface area contributed by atoms with Crippen LogP contribution in [0.1, 0.15) is 17.5 Å². The molecular formula is C12H13BrF3N. The minimum atomic E-state index is -4.29. The number of rotatable bonds is 4. The molecule has 0 heterocycles. The Kier molecular flexibility index (Phi) is 5.21. The minimum absolute atomic E-state index is 0.452. The Hall–Kier alpha value is -0.810. The molecule has 0 bridgehead atoms. The van der Waals surface area contributed by atoms with Gasteiger partial charge in [0, 0.05) is 4.47 Å². The zero-order valence-electron chi connectivity index (χ0n) is 9.31. The van der Waals surface area contributed by atoms with Crippen molar-refractivity contribution in [3.8, 4) is 0 Å². The summed E-state index contributed by atoms with van der Waals surface area (Å²) in [6.45, 7) is 0.842. The second kappa shape index (κ2) is 6.21. The lowest BCUT2D eigenvalue weighted by Crippen LogP contribution is -2.05. The highest BCUT2D eigenvalue weighted by Gasteiger charge is 2.30. The Morgan fingerprint density at radius 2 is 2.06 bits per heavy atom. The van der Waals surface area contributed by atoms with Gasteiger partial charge in [-0.25, -0.2) is 0 Å². The van der Waals surface area contributed by atoms with Crippen molar-refractivity contribution in [2.24, 2.45) is 0 Å². The van der Waals surface area contributed by atoms with Crippen LogP contribution in [0.15, 0.2) is 28.7 Å². The fraction of sp³-hybridized carbons (Fsp3) is 0.333. The van der Waals surface area contributed by atoms with E-state index in [0.717, 1.165) is 30.7 Å². The molecule has 0 saturated carbocycles. The van der Waals surface area contributed by atoms with Gasteiger partial charge in [-0.05, 0) is 37.7 Å². The molecule has 17 heavy (non-hydrogen) atoms. The van der Waals surface area contributed by atoms with Gasteiger partial charge < -0.3 is 5.32 Å². The molecule has 1 rings (SSSR count). The highest BCUT2D eigenvalue weighted by Crippen LogP contribution is 2.32. The van der Waals surface area contributed by atoms with Crippen molar-refractivity contribution < 1.29 is 13.2 Å². The molecule has 5 heteroatoms. The fourth-order valence-corrected chi connectivity index (χ4v) is 1.79. The van der Waals surface area contributed by atoms with E-state index < -0.39 is 11.7 Å². The van der Waals surface area contributed by atoms with Gasteiger partial charge in [-0.3, -0.25) is 0 Å². The topological polar surface area (TPSA) is 12.0 Å². The van der Waals surface area contributed by atoms with Gasteiger partial charge in [-0.15, -0.1) is 0 Å². The molecule has 0 saturated heterocycles. The molecule has 1 nitrogen and oxygen atoms in total. The molecule has 1 aromatic rings. The highest BCUT2D eigenvalue weighted by molar-refractivity contribution is 9.10. The van der Waals surface area contributed by atoms with Crippen LogP contribution in [0, 0.1) is 0 Å². The molecule has 1 N–H and O–H groups in total. The fourth-order valence-electron chi connectivity index (χ4n) is 1.28. The number of alkyl halides is 3. The Bertz CT molecular complexity index is 399. The molecule has 0 atom stereocenters. The predicted octanol–water partition coefficient (Wildman–Crippen LogP) is 4.09. The number of hydrogen-bond acceptors (Lipinski definition) is 1. The van der Waals surface area contributed by atoms with Crippen molar-refractivity contribution >= 4 is 22.0 Å². The largest absolute Gasteiger partial charge is 0.416 e. The summed E-state index contributed by atoms with van der Waals surface area (Å²) in [6, 6.07) is 3.64. The van der Waals surface area contributed by atoms with E-state index in [9.17, 15) is 13.2 Å². The summed E-state index contributed by atoms with van der Waals surface area (Å²) in [6.07, 6.45) is 0.270. The van der Waals surface area contributed by atoms with E-state index in [2.05, 4.69) is 21.2 Å². The van der Waals surface area contributed by atoms with Gasteiger partial charge in [0.15, 0.2) is 0 Å². The molecule has 0 radical (unpaired) electrons. The lowest BCUT2D eigenvalue weighted by Gasteiger charge is -2.08. The minimum Gasteiger partial charge on any atom is -0.319 e. The lowest BCUT2D eigenvalue weighted by molar-refractivity contribution is -0.137. The molecule has 0 aromatic heterocycles. The van der Waals surface area contributed by atoms with E-state index >= 15 is 0 Å². The smallest absolute Gasteiger partial charge is 0.319 e. The molecule has 0 aliphatic carbocycles. The molecule has 0 spiro atoms. The Morgan fingerprint density at radius 3 is 2.59 bits per heavy atom. The summed E-state index contributed by atoms with van der Waals surface area (Å²) in [5, 5.41) is 2.99. The van der Waals surface area contributed by atoms with Gasteiger partial charge in [0.25, 0.3) is 0 Å². The summed E-state index contributed by atoms with van der Waals surface area (Å²) in [5.74, 6) is 0. The van der Waals surface area contributed by atoms with Crippen LogP contribution < -0.4 is 5.32 Å². The first-order valence-corrected chi connectivity index (χ1v) is 5.92. The van der Waals surface area contributed by atoms with Crippen LogP contribution in [0.4, 0.5) is 13.2 Å². The van der Waals surface area contributed by atoms with Crippen LogP contribution in [0.3, 0.4) is 0 Å². The van der Waals surface area contributed by atoms with Gasteiger partial charge in [-0.1, -0.05) is 34.1 Å². The first-order valence-electron chi connectivity index (χ1n) is 5.13. The number of halogens is 4. The SMILES string of the molecule is CNCCC=Cc1ccc(C(F)(F)F)cc1Br. The van der Waals surface area contributed by atoms with Crippen LogP contribution in [0.5, 0.6) is 0 Å². The van der Waals surface area contributed by atoms with Gasteiger partial charge in [0.05, 0.1) is 5.56 Å². The normalized spacial score (nSPS) is 12.3. The molecular weight excluding hydrogens is 295 g/mol. The van der Waals surface area contributed by atoms with Crippen molar-refractivity contribution in [1.29, 1.82) is 0 Å². The Balaban J connectivity index is 2.80. The molecule has 94 valence electrons. The Labute approximate surface area is 107 Å². The van der Waals surface area contributed by atoms with Crippen LogP contribution in [0.2, 0.25) is 0 Å². The van der Waals surface area contributed by atoms with Gasteiger partial charge in [0.2, 0.25) is 0 Å². The zero-order valence-corrected chi connectivity index (χ0v) is 10.9. The maximum absolute atomic E-state index is 12.4. The first-order chi connectivity index (χ1) is 7.95. The number of benzene rings is 1. The number of hydrogen-bond donors (Lipinski definition) is 1. The summed E-state index contributed by atoms with van der Waals surface area (Å²) < 4.78 is 37.7. The summed E-state index contributed by atoms with van der Waals surface area (Å²) in [4.78, 5) is 0. The summed E-state index contributed by atoms with van der Waals surface area (Å²) in [5.41, 5.74) is 0.103. The third-order valence-electron chi connectivity index (χ3n) is 2.19. The average Bonchev–Trinajstić information content (AvgIpc) is 2.24. The van der Waals surface area contributed by atoms with E-state index in [0.29, 0.717) is 4.47 Å². The predicted molar refractivity (Wildman–Crippen MR) is 66.7 cm³/mol. The molecule has 0 unspecified atom stereocenters. The second-order valence-electron chi connectivity index (χ2n) is 3.53. The van der Waals surface area contributed by atoms with Gasteiger partial charge >= 0.3 is 6.18 Å². The maximum atomic E-state index is 12.4. The van der Waals surface area contributed by atoms with Crippen molar-refractivity contribution in [3.05, 3.63) is 39.9 Å². The third-order valence-corrected chi connectivity index (χ3v) is 2.87. The van der Waals surface area contributed by atoms with Crippen LogP contribution >= 0.6 is 15.9 Å². The number of nitrogens with one attached hydrogen (secondary N) is 1. The van der Waals surface area contributed by atoms with Crippen LogP contribution in [-0.4, -0.2) is 13.6 Å². The lowest BCUT2D eigenvalue weighted by atomic mass is 10.1. The molecule has 0 fully saturated rings. The molecule has 0 aliphatic rings. The second-order valence-corrected chi connectivity index (χ2v) is 4.38. The summed E-state index contributed by atoms with van der Waals surface area (Å²) in [7, 11) is 1.85. The molecule has 1 aromatic carbocycles. The Morgan fingerprint density at radius 1 is 1.35 bits per heavy atom. The standard InChI is InChI=1S/C12H13BrF3N/c1-17-7-3-2-4-9-5-6-10(8-11(9)13)12(14,15)16/h2,4-6,8,17H,3,7H2,1H3. The van der Waals surface area contributed by atoms with Gasteiger partial charge in [-0.2, -0.15) is 13.2 Å². The van der Waals surface area contributed by atoms with Crippen molar-refractivity contribution in [1.82, 2.24) is 5.32 Å². The van der Waals surface area contributed by atoms with Crippen LogP contribution in [0.25, 0.3) is 6.08 Å². The third kappa shape index (κ3) is 4.52. The first kappa shape index (κ1) is 14.3. The quantitative estimate of drug-likeness (QED) is 0.826. The molecule has 0 aliphatic heterocycles. The van der Waals surface area contributed by atoms with E-state index in [1.807, 2.05) is 19.2 Å². The highest BCUT2D eigenvalue weighted by atomic mass is 79.9. The van der Waals surface area contributed by atoms with Crippen LogP contribution in [-0.2, 0) is 6.18 Å². The molecule has 0 amide bonds. The van der Waals surface area contributed by atoms with Gasteiger partial charge in [0.1, 0.15) is 0 Å².